The predicted molar refractivity (Wildman–Crippen MR) is 84.5 cm³/mol. The van der Waals surface area contributed by atoms with E-state index in [4.69, 9.17) is 0 Å². The Morgan fingerprint density at radius 1 is 1.44 bits per heavy atom. The maximum Gasteiger partial charge on any atom is 0.0225 e. The summed E-state index contributed by atoms with van der Waals surface area (Å²) in [5.41, 5.74) is 0. The summed E-state index contributed by atoms with van der Waals surface area (Å²) in [4.78, 5) is 2.64. The normalized spacial score (nSPS) is 24.2. The fraction of sp³-hybridized carbons (Fsp3) is 1.00. The minimum absolute atomic E-state index is 0.353. The van der Waals surface area contributed by atoms with Crippen molar-refractivity contribution in [3.05, 3.63) is 0 Å². The average Bonchev–Trinajstić information content (AvgIpc) is 2.37. The lowest BCUT2D eigenvalue weighted by atomic mass is 9.91. The molecule has 2 unspecified atom stereocenters. The lowest BCUT2D eigenvalue weighted by molar-refractivity contribution is 0.150. The molecule has 1 aliphatic rings. The van der Waals surface area contributed by atoms with Gasteiger partial charge in [0.1, 0.15) is 0 Å². The van der Waals surface area contributed by atoms with Gasteiger partial charge in [-0.25, -0.2) is 0 Å². The Morgan fingerprint density at radius 2 is 2.17 bits per heavy atom. The van der Waals surface area contributed by atoms with E-state index in [0.717, 1.165) is 12.5 Å². The molecule has 0 spiro atoms. The number of hydrogen-bond acceptors (Lipinski definition) is 3. The van der Waals surface area contributed by atoms with Crippen molar-refractivity contribution in [2.75, 3.05) is 32.4 Å². The maximum absolute atomic E-state index is 3.76. The summed E-state index contributed by atoms with van der Waals surface area (Å²) in [7, 11) is 0. The van der Waals surface area contributed by atoms with Gasteiger partial charge in [-0.3, -0.25) is 0 Å². The van der Waals surface area contributed by atoms with Gasteiger partial charge in [0.2, 0.25) is 0 Å². The van der Waals surface area contributed by atoms with Crippen molar-refractivity contribution in [2.24, 2.45) is 5.92 Å². The van der Waals surface area contributed by atoms with Crippen LogP contribution in [0.4, 0.5) is 0 Å². The second-order valence-corrected chi connectivity index (χ2v) is 7.85. The van der Waals surface area contributed by atoms with Gasteiger partial charge in [-0.15, -0.1) is 0 Å². The highest BCUT2D eigenvalue weighted by Gasteiger charge is 2.25. The molecule has 0 aromatic carbocycles. The second-order valence-electron chi connectivity index (χ2n) is 6.34. The summed E-state index contributed by atoms with van der Waals surface area (Å²) >= 11 is 1.95. The molecule has 0 aromatic rings. The Bertz CT molecular complexity index is 229. The summed E-state index contributed by atoms with van der Waals surface area (Å²) in [6.07, 6.45) is 6.26. The SMILES string of the molecule is CCCN1CCCC(C(C)NCC(C)(C)SC)C1. The first-order valence-electron chi connectivity index (χ1n) is 7.49. The van der Waals surface area contributed by atoms with Crippen LogP contribution in [0.25, 0.3) is 0 Å². The summed E-state index contributed by atoms with van der Waals surface area (Å²) in [6.45, 7) is 14.3. The van der Waals surface area contributed by atoms with Gasteiger partial charge >= 0.3 is 0 Å². The maximum atomic E-state index is 3.76. The highest BCUT2D eigenvalue weighted by Crippen LogP contribution is 2.23. The predicted octanol–water partition coefficient (Wildman–Crippen LogP) is 3.23. The first kappa shape index (κ1) is 16.3. The van der Waals surface area contributed by atoms with Gasteiger partial charge in [0, 0.05) is 23.9 Å². The number of rotatable bonds is 7. The van der Waals surface area contributed by atoms with Crippen molar-refractivity contribution in [3.8, 4) is 0 Å². The standard InChI is InChI=1S/C15H32N2S/c1-6-9-17-10-7-8-14(11-17)13(2)16-12-15(3,4)18-5/h13-14,16H,6-12H2,1-5H3. The molecule has 0 bridgehead atoms. The van der Waals surface area contributed by atoms with Gasteiger partial charge < -0.3 is 10.2 Å². The highest BCUT2D eigenvalue weighted by molar-refractivity contribution is 7.99. The van der Waals surface area contributed by atoms with Gasteiger partial charge in [-0.2, -0.15) is 11.8 Å². The zero-order chi connectivity index (χ0) is 13.6. The van der Waals surface area contributed by atoms with Crippen molar-refractivity contribution in [3.63, 3.8) is 0 Å². The van der Waals surface area contributed by atoms with Crippen LogP contribution in [0.2, 0.25) is 0 Å². The van der Waals surface area contributed by atoms with Crippen LogP contribution in [0.3, 0.4) is 0 Å². The van der Waals surface area contributed by atoms with Crippen LogP contribution in [0.1, 0.15) is 47.0 Å². The fourth-order valence-corrected chi connectivity index (χ4v) is 2.89. The molecule has 0 aromatic heterocycles. The van der Waals surface area contributed by atoms with E-state index in [-0.39, 0.29) is 0 Å². The van der Waals surface area contributed by atoms with Crippen LogP contribution in [0.15, 0.2) is 0 Å². The number of piperidine rings is 1. The third-order valence-electron chi connectivity index (χ3n) is 4.19. The highest BCUT2D eigenvalue weighted by atomic mass is 32.2. The van der Waals surface area contributed by atoms with E-state index in [1.54, 1.807) is 0 Å². The number of nitrogens with zero attached hydrogens (tertiary/aromatic N) is 1. The number of nitrogens with one attached hydrogen (secondary N) is 1. The minimum atomic E-state index is 0.353. The fourth-order valence-electron chi connectivity index (χ4n) is 2.66. The first-order valence-corrected chi connectivity index (χ1v) is 8.72. The van der Waals surface area contributed by atoms with Crippen molar-refractivity contribution in [1.82, 2.24) is 10.2 Å². The van der Waals surface area contributed by atoms with Crippen LogP contribution >= 0.6 is 11.8 Å². The van der Waals surface area contributed by atoms with E-state index in [0.29, 0.717) is 10.8 Å². The Balaban J connectivity index is 2.34. The molecular formula is C15H32N2S. The van der Waals surface area contributed by atoms with Gasteiger partial charge in [-0.1, -0.05) is 6.92 Å². The lowest BCUT2D eigenvalue weighted by Gasteiger charge is -2.37. The summed E-state index contributed by atoms with van der Waals surface area (Å²) in [5, 5.41) is 3.76. The van der Waals surface area contributed by atoms with Crippen LogP contribution < -0.4 is 5.32 Å². The van der Waals surface area contributed by atoms with Crippen LogP contribution in [-0.2, 0) is 0 Å². The number of thioether (sulfide) groups is 1. The summed E-state index contributed by atoms with van der Waals surface area (Å²) in [5.74, 6) is 0.836. The van der Waals surface area contributed by atoms with Gasteiger partial charge in [0.15, 0.2) is 0 Å². The van der Waals surface area contributed by atoms with Crippen LogP contribution in [0, 0.1) is 5.92 Å². The van der Waals surface area contributed by atoms with Crippen molar-refractivity contribution in [1.29, 1.82) is 0 Å². The van der Waals surface area contributed by atoms with E-state index in [9.17, 15) is 0 Å². The molecule has 3 heteroatoms. The lowest BCUT2D eigenvalue weighted by Crippen LogP contribution is -2.47. The first-order chi connectivity index (χ1) is 8.48. The molecule has 18 heavy (non-hydrogen) atoms. The second kappa shape index (κ2) is 7.76. The van der Waals surface area contributed by atoms with E-state index >= 15 is 0 Å². The van der Waals surface area contributed by atoms with E-state index in [2.05, 4.69) is 44.2 Å². The third kappa shape index (κ3) is 5.50. The molecule has 0 radical (unpaired) electrons. The molecule has 1 saturated heterocycles. The Morgan fingerprint density at radius 3 is 2.78 bits per heavy atom. The smallest absolute Gasteiger partial charge is 0.0225 e. The zero-order valence-corrected chi connectivity index (χ0v) is 13.8. The number of likely N-dealkylation sites (tertiary alicyclic amines) is 1. The molecule has 1 heterocycles. The van der Waals surface area contributed by atoms with Crippen molar-refractivity contribution < 1.29 is 0 Å². The quantitative estimate of drug-likeness (QED) is 0.766. The molecular weight excluding hydrogens is 240 g/mol. The van der Waals surface area contributed by atoms with Crippen LogP contribution in [0.5, 0.6) is 0 Å². The molecule has 1 rings (SSSR count). The van der Waals surface area contributed by atoms with Crippen molar-refractivity contribution >= 4 is 11.8 Å². The molecule has 108 valence electrons. The molecule has 1 fully saturated rings. The summed E-state index contributed by atoms with van der Waals surface area (Å²) < 4.78 is 0.353. The molecule has 2 nitrogen and oxygen atoms in total. The monoisotopic (exact) mass is 272 g/mol. The van der Waals surface area contributed by atoms with Crippen molar-refractivity contribution in [2.45, 2.75) is 57.7 Å². The minimum Gasteiger partial charge on any atom is -0.313 e. The Kier molecular flexibility index (Phi) is 7.04. The molecule has 0 aliphatic carbocycles. The van der Waals surface area contributed by atoms with E-state index < -0.39 is 0 Å². The molecule has 1 aliphatic heterocycles. The Labute approximate surface area is 118 Å². The third-order valence-corrected chi connectivity index (χ3v) is 5.44. The molecule has 1 N–H and O–H groups in total. The summed E-state index contributed by atoms with van der Waals surface area (Å²) in [6, 6.07) is 0.649. The van der Waals surface area contributed by atoms with Crippen LogP contribution in [-0.4, -0.2) is 48.1 Å². The molecule has 2 atom stereocenters. The topological polar surface area (TPSA) is 15.3 Å². The van der Waals surface area contributed by atoms with E-state index in [1.807, 2.05) is 11.8 Å². The largest absolute Gasteiger partial charge is 0.313 e. The zero-order valence-electron chi connectivity index (χ0n) is 13.0. The van der Waals surface area contributed by atoms with Gasteiger partial charge in [0.25, 0.3) is 0 Å². The average molecular weight is 273 g/mol. The van der Waals surface area contributed by atoms with E-state index in [1.165, 1.54) is 38.9 Å². The molecule has 0 saturated carbocycles. The number of hydrogen-bond donors (Lipinski definition) is 1. The Hall–Kier alpha value is 0.270. The van der Waals surface area contributed by atoms with Gasteiger partial charge in [0.05, 0.1) is 0 Å². The molecule has 0 amide bonds. The van der Waals surface area contributed by atoms with Gasteiger partial charge in [-0.05, 0) is 65.3 Å².